The third-order valence-corrected chi connectivity index (χ3v) is 3.73. The molecule has 0 aliphatic carbocycles. The second-order valence-electron chi connectivity index (χ2n) is 3.06. The maximum atomic E-state index is 10.8. The van der Waals surface area contributed by atoms with Crippen LogP contribution in [0.4, 0.5) is 0 Å². The Hall–Kier alpha value is -1.40. The Labute approximate surface area is 110 Å². The topological polar surface area (TPSA) is 63.1 Å². The van der Waals surface area contributed by atoms with E-state index in [0.29, 0.717) is 5.03 Å². The summed E-state index contributed by atoms with van der Waals surface area (Å²) in [5.74, 6) is -1.03. The maximum Gasteiger partial charge on any atom is 0.354 e. The van der Waals surface area contributed by atoms with Crippen LogP contribution in [-0.2, 0) is 0 Å². The average molecular weight is 311 g/mol. The van der Waals surface area contributed by atoms with Crippen molar-refractivity contribution in [3.8, 4) is 0 Å². The van der Waals surface area contributed by atoms with Crippen molar-refractivity contribution in [1.29, 1.82) is 0 Å². The number of carboxylic acids is 1. The predicted octanol–water partition coefficient (Wildman–Crippen LogP) is 3.09. The standard InChI is InChI=1S/C11H7BrN2O2S/c12-7-3-2-6-13-10(7)17-9-5-1-4-8(14-9)11(15)16/h1-6H,(H,15,16). The fourth-order valence-corrected chi connectivity index (χ4v) is 2.40. The Morgan fingerprint density at radius 1 is 1.29 bits per heavy atom. The molecule has 0 fully saturated rings. The molecule has 1 N–H and O–H groups in total. The van der Waals surface area contributed by atoms with Gasteiger partial charge in [0.25, 0.3) is 0 Å². The van der Waals surface area contributed by atoms with Gasteiger partial charge in [-0.3, -0.25) is 0 Å². The summed E-state index contributed by atoms with van der Waals surface area (Å²) in [4.78, 5) is 19.0. The molecule has 4 nitrogen and oxygen atoms in total. The van der Waals surface area contributed by atoms with Gasteiger partial charge in [0, 0.05) is 6.20 Å². The number of aromatic nitrogens is 2. The van der Waals surface area contributed by atoms with Gasteiger partial charge < -0.3 is 5.11 Å². The van der Waals surface area contributed by atoms with E-state index < -0.39 is 5.97 Å². The van der Waals surface area contributed by atoms with Crippen molar-refractivity contribution in [2.75, 3.05) is 0 Å². The van der Waals surface area contributed by atoms with Crippen LogP contribution in [0.1, 0.15) is 10.5 Å². The van der Waals surface area contributed by atoms with E-state index in [1.807, 2.05) is 12.1 Å². The highest BCUT2D eigenvalue weighted by Crippen LogP contribution is 2.30. The minimum Gasteiger partial charge on any atom is -0.477 e. The third kappa shape index (κ3) is 3.04. The van der Waals surface area contributed by atoms with Gasteiger partial charge in [0.15, 0.2) is 0 Å². The predicted molar refractivity (Wildman–Crippen MR) is 67.3 cm³/mol. The van der Waals surface area contributed by atoms with E-state index in [2.05, 4.69) is 25.9 Å². The van der Waals surface area contributed by atoms with Gasteiger partial charge in [0.05, 0.1) is 4.47 Å². The zero-order valence-electron chi connectivity index (χ0n) is 8.50. The molecule has 0 atom stereocenters. The summed E-state index contributed by atoms with van der Waals surface area (Å²) in [5.41, 5.74) is 0.0297. The minimum absolute atomic E-state index is 0.0297. The first-order chi connectivity index (χ1) is 8.16. The first kappa shape index (κ1) is 12.1. The second kappa shape index (κ2) is 5.29. The summed E-state index contributed by atoms with van der Waals surface area (Å²) < 4.78 is 0.854. The van der Waals surface area contributed by atoms with Crippen molar-refractivity contribution < 1.29 is 9.90 Å². The Morgan fingerprint density at radius 3 is 2.82 bits per heavy atom. The van der Waals surface area contributed by atoms with Crippen molar-refractivity contribution in [1.82, 2.24) is 9.97 Å². The van der Waals surface area contributed by atoms with Gasteiger partial charge in [-0.25, -0.2) is 14.8 Å². The molecular formula is C11H7BrN2O2S. The molecular weight excluding hydrogens is 304 g/mol. The van der Waals surface area contributed by atoms with E-state index in [1.165, 1.54) is 17.8 Å². The van der Waals surface area contributed by atoms with Gasteiger partial charge in [-0.05, 0) is 52.0 Å². The Kier molecular flexibility index (Phi) is 3.75. The molecule has 0 aromatic carbocycles. The Morgan fingerprint density at radius 2 is 2.12 bits per heavy atom. The first-order valence-electron chi connectivity index (χ1n) is 4.65. The molecule has 0 aliphatic rings. The van der Waals surface area contributed by atoms with Gasteiger partial charge in [0.2, 0.25) is 0 Å². The average Bonchev–Trinajstić information content (AvgIpc) is 2.32. The molecule has 2 heterocycles. The monoisotopic (exact) mass is 310 g/mol. The molecule has 2 rings (SSSR count). The van der Waals surface area contributed by atoms with Gasteiger partial charge in [-0.2, -0.15) is 0 Å². The molecule has 2 aromatic heterocycles. The smallest absolute Gasteiger partial charge is 0.354 e. The molecule has 17 heavy (non-hydrogen) atoms. The van der Waals surface area contributed by atoms with Crippen LogP contribution >= 0.6 is 27.7 Å². The van der Waals surface area contributed by atoms with Gasteiger partial charge in [-0.15, -0.1) is 0 Å². The van der Waals surface area contributed by atoms with Gasteiger partial charge in [-0.1, -0.05) is 6.07 Å². The summed E-state index contributed by atoms with van der Waals surface area (Å²) in [6.07, 6.45) is 1.67. The highest BCUT2D eigenvalue weighted by Gasteiger charge is 2.08. The third-order valence-electron chi connectivity index (χ3n) is 1.87. The van der Waals surface area contributed by atoms with E-state index >= 15 is 0 Å². The first-order valence-corrected chi connectivity index (χ1v) is 6.26. The highest BCUT2D eigenvalue weighted by atomic mass is 79.9. The van der Waals surface area contributed by atoms with Crippen molar-refractivity contribution >= 4 is 33.7 Å². The number of halogens is 1. The lowest BCUT2D eigenvalue weighted by Gasteiger charge is -2.02. The number of nitrogens with zero attached hydrogens (tertiary/aromatic N) is 2. The van der Waals surface area contributed by atoms with Crippen LogP contribution in [0.3, 0.4) is 0 Å². The molecule has 0 saturated heterocycles. The molecule has 86 valence electrons. The van der Waals surface area contributed by atoms with Gasteiger partial charge in [0.1, 0.15) is 15.7 Å². The molecule has 2 aromatic rings. The number of pyridine rings is 2. The van der Waals surface area contributed by atoms with E-state index in [0.717, 1.165) is 9.50 Å². The fourth-order valence-electron chi connectivity index (χ4n) is 1.14. The van der Waals surface area contributed by atoms with Crippen molar-refractivity contribution in [3.05, 3.63) is 46.7 Å². The zero-order valence-corrected chi connectivity index (χ0v) is 10.9. The molecule has 0 unspecified atom stereocenters. The number of aromatic carboxylic acids is 1. The van der Waals surface area contributed by atoms with Crippen molar-refractivity contribution in [2.45, 2.75) is 10.1 Å². The van der Waals surface area contributed by atoms with Crippen LogP contribution in [0.25, 0.3) is 0 Å². The normalized spacial score (nSPS) is 10.2. The molecule has 0 saturated carbocycles. The Bertz CT molecular complexity index is 563. The summed E-state index contributed by atoms with van der Waals surface area (Å²) >= 11 is 4.69. The van der Waals surface area contributed by atoms with Crippen LogP contribution in [0.2, 0.25) is 0 Å². The molecule has 6 heteroatoms. The number of carbonyl (C=O) groups is 1. The van der Waals surface area contributed by atoms with Gasteiger partial charge >= 0.3 is 5.97 Å². The van der Waals surface area contributed by atoms with Crippen LogP contribution in [-0.4, -0.2) is 21.0 Å². The van der Waals surface area contributed by atoms with E-state index in [9.17, 15) is 4.79 Å². The Balaban J connectivity index is 2.28. The lowest BCUT2D eigenvalue weighted by Crippen LogP contribution is -2.00. The van der Waals surface area contributed by atoms with E-state index in [4.69, 9.17) is 5.11 Å². The number of rotatable bonds is 3. The second-order valence-corrected chi connectivity index (χ2v) is 4.92. The quantitative estimate of drug-likeness (QED) is 0.944. The highest BCUT2D eigenvalue weighted by molar-refractivity contribution is 9.10. The van der Waals surface area contributed by atoms with E-state index in [1.54, 1.807) is 18.3 Å². The largest absolute Gasteiger partial charge is 0.477 e. The summed E-state index contributed by atoms with van der Waals surface area (Å²) in [6.45, 7) is 0. The molecule has 0 radical (unpaired) electrons. The van der Waals surface area contributed by atoms with Crippen LogP contribution < -0.4 is 0 Å². The number of carboxylic acid groups (broad SMARTS) is 1. The molecule has 0 bridgehead atoms. The molecule has 0 spiro atoms. The van der Waals surface area contributed by atoms with Crippen LogP contribution in [0.15, 0.2) is 51.1 Å². The number of hydrogen-bond acceptors (Lipinski definition) is 4. The lowest BCUT2D eigenvalue weighted by atomic mass is 10.4. The molecule has 0 amide bonds. The van der Waals surface area contributed by atoms with Crippen LogP contribution in [0.5, 0.6) is 0 Å². The van der Waals surface area contributed by atoms with Crippen molar-refractivity contribution in [2.24, 2.45) is 0 Å². The van der Waals surface area contributed by atoms with E-state index in [-0.39, 0.29) is 5.69 Å². The van der Waals surface area contributed by atoms with Crippen molar-refractivity contribution in [3.63, 3.8) is 0 Å². The number of hydrogen-bond donors (Lipinski definition) is 1. The molecule has 0 aliphatic heterocycles. The zero-order chi connectivity index (χ0) is 12.3. The maximum absolute atomic E-state index is 10.8. The lowest BCUT2D eigenvalue weighted by molar-refractivity contribution is 0.0689. The fraction of sp³-hybridized carbons (Fsp3) is 0. The van der Waals surface area contributed by atoms with Crippen LogP contribution in [0, 0.1) is 0 Å². The summed E-state index contributed by atoms with van der Waals surface area (Å²) in [7, 11) is 0. The summed E-state index contributed by atoms with van der Waals surface area (Å²) in [6, 6.07) is 8.55. The SMILES string of the molecule is O=C(O)c1cccc(Sc2ncccc2Br)n1. The minimum atomic E-state index is -1.03. The summed E-state index contributed by atoms with van der Waals surface area (Å²) in [5, 5.41) is 10.2.